The molecule has 0 bridgehead atoms. The lowest BCUT2D eigenvalue weighted by Gasteiger charge is -2.12. The Kier molecular flexibility index (Phi) is 4.31. The van der Waals surface area contributed by atoms with E-state index in [-0.39, 0.29) is 6.54 Å². The van der Waals surface area contributed by atoms with Gasteiger partial charge in [0.1, 0.15) is 4.90 Å². The Morgan fingerprint density at radius 3 is 2.67 bits per heavy atom. The number of hydrogen-bond acceptors (Lipinski definition) is 4. The van der Waals surface area contributed by atoms with Gasteiger partial charge >= 0.3 is 0 Å². The predicted molar refractivity (Wildman–Crippen MR) is 86.9 cm³/mol. The SMILES string of the molecule is NCc1sc2ccccc2c1S(=O)(=O)NCC1CCCC1. The molecule has 1 heterocycles. The zero-order chi connectivity index (χ0) is 14.9. The van der Waals surface area contributed by atoms with Crippen LogP contribution in [0.15, 0.2) is 29.2 Å². The predicted octanol–water partition coefficient (Wildman–Crippen LogP) is 2.83. The highest BCUT2D eigenvalue weighted by Gasteiger charge is 2.25. The summed E-state index contributed by atoms with van der Waals surface area (Å²) < 4.78 is 29.1. The summed E-state index contributed by atoms with van der Waals surface area (Å²) in [4.78, 5) is 1.11. The van der Waals surface area contributed by atoms with E-state index >= 15 is 0 Å². The molecule has 0 atom stereocenters. The molecule has 3 rings (SSSR count). The molecule has 4 nitrogen and oxygen atoms in total. The van der Waals surface area contributed by atoms with Crippen molar-refractivity contribution in [2.75, 3.05) is 6.54 Å². The van der Waals surface area contributed by atoms with E-state index < -0.39 is 10.0 Å². The van der Waals surface area contributed by atoms with Crippen LogP contribution in [-0.2, 0) is 16.6 Å². The first-order valence-corrected chi connectivity index (χ1v) is 9.62. The van der Waals surface area contributed by atoms with Crippen molar-refractivity contribution in [3.05, 3.63) is 29.1 Å². The van der Waals surface area contributed by atoms with Crippen LogP contribution in [0.2, 0.25) is 0 Å². The molecule has 1 fully saturated rings. The second kappa shape index (κ2) is 6.04. The van der Waals surface area contributed by atoms with Gasteiger partial charge in [-0.2, -0.15) is 0 Å². The number of rotatable bonds is 5. The van der Waals surface area contributed by atoms with Crippen LogP contribution >= 0.6 is 11.3 Å². The molecule has 6 heteroatoms. The summed E-state index contributed by atoms with van der Waals surface area (Å²) in [6, 6.07) is 7.58. The van der Waals surface area contributed by atoms with Crippen molar-refractivity contribution in [2.24, 2.45) is 11.7 Å². The van der Waals surface area contributed by atoms with Crippen molar-refractivity contribution < 1.29 is 8.42 Å². The Balaban J connectivity index is 1.93. The van der Waals surface area contributed by atoms with Crippen molar-refractivity contribution in [1.82, 2.24) is 4.72 Å². The van der Waals surface area contributed by atoms with E-state index in [0.29, 0.717) is 17.4 Å². The van der Waals surface area contributed by atoms with Crippen LogP contribution in [-0.4, -0.2) is 15.0 Å². The van der Waals surface area contributed by atoms with E-state index in [1.807, 2.05) is 24.3 Å². The molecule has 21 heavy (non-hydrogen) atoms. The third kappa shape index (κ3) is 2.99. The summed E-state index contributed by atoms with van der Waals surface area (Å²) in [5.41, 5.74) is 5.75. The van der Waals surface area contributed by atoms with Gasteiger partial charge in [-0.15, -0.1) is 11.3 Å². The molecule has 1 aliphatic rings. The number of sulfonamides is 1. The fourth-order valence-corrected chi connectivity index (χ4v) is 5.96. The molecule has 3 N–H and O–H groups in total. The molecular weight excluding hydrogens is 304 g/mol. The Bertz CT molecular complexity index is 731. The molecule has 0 saturated heterocycles. The second-order valence-electron chi connectivity index (χ2n) is 5.56. The number of fused-ring (bicyclic) bond motifs is 1. The second-order valence-corrected chi connectivity index (χ2v) is 8.40. The highest BCUT2D eigenvalue weighted by atomic mass is 32.2. The quantitative estimate of drug-likeness (QED) is 0.888. The van der Waals surface area contributed by atoms with Crippen molar-refractivity contribution in [3.8, 4) is 0 Å². The molecular formula is C15H20N2O2S2. The van der Waals surface area contributed by atoms with Gasteiger partial charge in [-0.05, 0) is 24.8 Å². The van der Waals surface area contributed by atoms with Crippen LogP contribution in [0.5, 0.6) is 0 Å². The molecule has 0 radical (unpaired) electrons. The minimum atomic E-state index is -3.49. The Morgan fingerprint density at radius 2 is 1.95 bits per heavy atom. The summed E-state index contributed by atoms with van der Waals surface area (Å²) >= 11 is 1.46. The van der Waals surface area contributed by atoms with Crippen molar-refractivity contribution in [3.63, 3.8) is 0 Å². The largest absolute Gasteiger partial charge is 0.326 e. The molecule has 1 aromatic carbocycles. The van der Waals surface area contributed by atoms with Gasteiger partial charge in [-0.25, -0.2) is 13.1 Å². The van der Waals surface area contributed by atoms with Crippen LogP contribution < -0.4 is 10.5 Å². The number of hydrogen-bond donors (Lipinski definition) is 2. The van der Waals surface area contributed by atoms with Gasteiger partial charge in [0.15, 0.2) is 0 Å². The normalized spacial score (nSPS) is 16.8. The summed E-state index contributed by atoms with van der Waals surface area (Å²) in [6.45, 7) is 0.787. The lowest BCUT2D eigenvalue weighted by molar-refractivity contribution is 0.520. The molecule has 1 saturated carbocycles. The van der Waals surface area contributed by atoms with E-state index in [2.05, 4.69) is 4.72 Å². The minimum Gasteiger partial charge on any atom is -0.326 e. The third-order valence-corrected chi connectivity index (χ3v) is 6.98. The average Bonchev–Trinajstić information content (AvgIpc) is 3.12. The molecule has 0 aliphatic heterocycles. The lowest BCUT2D eigenvalue weighted by Crippen LogP contribution is -2.29. The van der Waals surface area contributed by atoms with Gasteiger partial charge in [0.05, 0.1) is 0 Å². The Morgan fingerprint density at radius 1 is 1.24 bits per heavy atom. The maximum absolute atomic E-state index is 12.7. The maximum atomic E-state index is 12.7. The molecule has 2 aromatic rings. The number of thiophene rings is 1. The van der Waals surface area contributed by atoms with Crippen molar-refractivity contribution >= 4 is 31.4 Å². The van der Waals surface area contributed by atoms with E-state index in [1.165, 1.54) is 24.2 Å². The van der Waals surface area contributed by atoms with Crippen LogP contribution in [0, 0.1) is 5.92 Å². The molecule has 0 spiro atoms. The molecule has 0 amide bonds. The van der Waals surface area contributed by atoms with Gasteiger partial charge in [-0.3, -0.25) is 0 Å². The van der Waals surface area contributed by atoms with Crippen LogP contribution in [0.1, 0.15) is 30.6 Å². The molecule has 0 unspecified atom stereocenters. The summed E-state index contributed by atoms with van der Waals surface area (Å²) in [6.07, 6.45) is 4.66. The van der Waals surface area contributed by atoms with Crippen LogP contribution in [0.25, 0.3) is 10.1 Å². The third-order valence-electron chi connectivity index (χ3n) is 4.11. The standard InChI is InChI=1S/C15H20N2O2S2/c16-9-14-15(12-7-3-4-8-13(12)20-14)21(18,19)17-10-11-5-1-2-6-11/h3-4,7-8,11,17H,1-2,5-6,9-10,16H2. The van der Waals surface area contributed by atoms with E-state index in [4.69, 9.17) is 5.73 Å². The van der Waals surface area contributed by atoms with E-state index in [1.54, 1.807) is 0 Å². The fourth-order valence-electron chi connectivity index (χ4n) is 3.02. The summed E-state index contributed by atoms with van der Waals surface area (Å²) in [5.74, 6) is 0.478. The van der Waals surface area contributed by atoms with Gasteiger partial charge in [0, 0.05) is 28.1 Å². The monoisotopic (exact) mass is 324 g/mol. The Hall–Kier alpha value is -0.950. The van der Waals surface area contributed by atoms with E-state index in [0.717, 1.165) is 27.8 Å². The van der Waals surface area contributed by atoms with Gasteiger partial charge in [0.2, 0.25) is 10.0 Å². The van der Waals surface area contributed by atoms with Crippen LogP contribution in [0.3, 0.4) is 0 Å². The lowest BCUT2D eigenvalue weighted by atomic mass is 10.1. The zero-order valence-electron chi connectivity index (χ0n) is 11.8. The fraction of sp³-hybridized carbons (Fsp3) is 0.467. The highest BCUT2D eigenvalue weighted by molar-refractivity contribution is 7.90. The molecule has 114 valence electrons. The first-order chi connectivity index (χ1) is 10.1. The van der Waals surface area contributed by atoms with Gasteiger partial charge in [-0.1, -0.05) is 31.0 Å². The average molecular weight is 324 g/mol. The Labute approximate surface area is 129 Å². The first kappa shape index (κ1) is 15.0. The van der Waals surface area contributed by atoms with Gasteiger partial charge < -0.3 is 5.73 Å². The first-order valence-electron chi connectivity index (χ1n) is 7.32. The topological polar surface area (TPSA) is 72.2 Å². The number of nitrogens with two attached hydrogens (primary N) is 1. The number of benzene rings is 1. The molecule has 1 aliphatic carbocycles. The van der Waals surface area contributed by atoms with E-state index in [9.17, 15) is 8.42 Å². The highest BCUT2D eigenvalue weighted by Crippen LogP contribution is 2.34. The summed E-state index contributed by atoms with van der Waals surface area (Å²) in [7, 11) is -3.49. The van der Waals surface area contributed by atoms with Crippen molar-refractivity contribution in [2.45, 2.75) is 37.1 Å². The summed E-state index contributed by atoms with van der Waals surface area (Å²) in [5, 5.41) is 0.780. The van der Waals surface area contributed by atoms with Crippen molar-refractivity contribution in [1.29, 1.82) is 0 Å². The molecule has 1 aromatic heterocycles. The number of nitrogens with one attached hydrogen (secondary N) is 1. The maximum Gasteiger partial charge on any atom is 0.242 e. The van der Waals surface area contributed by atoms with Crippen LogP contribution in [0.4, 0.5) is 0 Å². The smallest absolute Gasteiger partial charge is 0.242 e. The van der Waals surface area contributed by atoms with Gasteiger partial charge in [0.25, 0.3) is 0 Å². The minimum absolute atomic E-state index is 0.249. The zero-order valence-corrected chi connectivity index (χ0v) is 13.5.